The summed E-state index contributed by atoms with van der Waals surface area (Å²) in [5, 5.41) is 4.83. The van der Waals surface area contributed by atoms with Crippen molar-refractivity contribution in [2.75, 3.05) is 25.0 Å². The minimum absolute atomic E-state index is 0.295. The van der Waals surface area contributed by atoms with E-state index in [9.17, 15) is 4.39 Å². The summed E-state index contributed by atoms with van der Waals surface area (Å²) in [6.07, 6.45) is 2.13. The zero-order valence-electron chi connectivity index (χ0n) is 17.1. The minimum Gasteiger partial charge on any atom is -0.491 e. The number of anilines is 1. The van der Waals surface area contributed by atoms with Gasteiger partial charge in [-0.15, -0.1) is 0 Å². The smallest absolute Gasteiger partial charge is 0.165 e. The van der Waals surface area contributed by atoms with Crippen molar-refractivity contribution in [2.24, 2.45) is 0 Å². The number of halogens is 1. The summed E-state index contributed by atoms with van der Waals surface area (Å²) >= 11 is 0. The average molecular weight is 394 g/mol. The fourth-order valence-electron chi connectivity index (χ4n) is 4.04. The minimum atomic E-state index is -0.295. The number of aryl methyl sites for hydroxylation is 1. The molecule has 0 atom stereocenters. The van der Waals surface area contributed by atoms with Crippen molar-refractivity contribution in [3.63, 3.8) is 0 Å². The van der Waals surface area contributed by atoms with Gasteiger partial charge in [-0.3, -0.25) is 4.90 Å². The van der Waals surface area contributed by atoms with Gasteiger partial charge in [-0.1, -0.05) is 24.3 Å². The zero-order valence-corrected chi connectivity index (χ0v) is 17.1. The second-order valence-electron chi connectivity index (χ2n) is 7.73. The number of likely N-dealkylation sites (tertiary alicyclic amines) is 1. The van der Waals surface area contributed by atoms with Crippen LogP contribution in [0.5, 0.6) is 5.75 Å². The summed E-state index contributed by atoms with van der Waals surface area (Å²) in [6.45, 7) is 7.31. The highest BCUT2D eigenvalue weighted by atomic mass is 19.1. The number of fused-ring (bicyclic) bond motifs is 1. The Bertz CT molecular complexity index is 983. The van der Waals surface area contributed by atoms with E-state index in [1.807, 2.05) is 25.1 Å². The van der Waals surface area contributed by atoms with Crippen LogP contribution in [0.4, 0.5) is 10.2 Å². The number of para-hydroxylation sites is 1. The number of pyridine rings is 1. The molecule has 0 radical (unpaired) electrons. The number of hydrogen-bond donors (Lipinski definition) is 1. The van der Waals surface area contributed by atoms with E-state index >= 15 is 0 Å². The van der Waals surface area contributed by atoms with Gasteiger partial charge in [0.25, 0.3) is 0 Å². The van der Waals surface area contributed by atoms with Gasteiger partial charge >= 0.3 is 0 Å². The van der Waals surface area contributed by atoms with E-state index in [2.05, 4.69) is 41.4 Å². The SMILES string of the molecule is CCOc1cc(CN2CCC(Nc3cc(C)c4ccccc4n3)CC2)ccc1F. The van der Waals surface area contributed by atoms with Crippen LogP contribution in [0, 0.1) is 12.7 Å². The highest BCUT2D eigenvalue weighted by Crippen LogP contribution is 2.24. The Kier molecular flexibility index (Phi) is 5.95. The van der Waals surface area contributed by atoms with Gasteiger partial charge in [0.2, 0.25) is 0 Å². The molecular formula is C24H28FN3O. The van der Waals surface area contributed by atoms with Crippen molar-refractivity contribution in [3.8, 4) is 5.75 Å². The Morgan fingerprint density at radius 1 is 1.14 bits per heavy atom. The van der Waals surface area contributed by atoms with E-state index < -0.39 is 0 Å². The van der Waals surface area contributed by atoms with Crippen molar-refractivity contribution >= 4 is 16.7 Å². The number of rotatable bonds is 6. The topological polar surface area (TPSA) is 37.4 Å². The third-order valence-electron chi connectivity index (χ3n) is 5.56. The molecule has 1 aliphatic heterocycles. The fourth-order valence-corrected chi connectivity index (χ4v) is 4.04. The van der Waals surface area contributed by atoms with Crippen molar-refractivity contribution in [2.45, 2.75) is 39.3 Å². The molecule has 1 saturated heterocycles. The van der Waals surface area contributed by atoms with Crippen LogP contribution in [-0.2, 0) is 6.54 Å². The number of ether oxygens (including phenoxy) is 1. The monoisotopic (exact) mass is 393 g/mol. The number of piperidine rings is 1. The van der Waals surface area contributed by atoms with Gasteiger partial charge in [0.1, 0.15) is 5.82 Å². The quantitative estimate of drug-likeness (QED) is 0.628. The molecule has 152 valence electrons. The summed E-state index contributed by atoms with van der Waals surface area (Å²) in [5.41, 5.74) is 3.37. The molecule has 0 bridgehead atoms. The Hall–Kier alpha value is -2.66. The van der Waals surface area contributed by atoms with Crippen LogP contribution in [0.1, 0.15) is 30.9 Å². The first kappa shape index (κ1) is 19.6. The van der Waals surface area contributed by atoms with Crippen LogP contribution < -0.4 is 10.1 Å². The van der Waals surface area contributed by atoms with E-state index in [0.29, 0.717) is 18.4 Å². The highest BCUT2D eigenvalue weighted by molar-refractivity contribution is 5.83. The molecule has 4 rings (SSSR count). The standard InChI is InChI=1S/C24H28FN3O/c1-3-29-23-15-18(8-9-21(23)25)16-28-12-10-19(11-13-28)26-24-14-17(2)20-6-4-5-7-22(20)27-24/h4-9,14-15,19H,3,10-13,16H2,1-2H3,(H,26,27). The zero-order chi connectivity index (χ0) is 20.2. The largest absolute Gasteiger partial charge is 0.491 e. The maximum Gasteiger partial charge on any atom is 0.165 e. The first-order valence-electron chi connectivity index (χ1n) is 10.4. The number of nitrogens with zero attached hydrogens (tertiary/aromatic N) is 2. The third-order valence-corrected chi connectivity index (χ3v) is 5.56. The summed E-state index contributed by atoms with van der Waals surface area (Å²) in [4.78, 5) is 7.20. The molecule has 3 aromatic rings. The van der Waals surface area contributed by atoms with Crippen molar-refractivity contribution < 1.29 is 9.13 Å². The first-order valence-corrected chi connectivity index (χ1v) is 10.4. The van der Waals surface area contributed by atoms with Crippen LogP contribution in [-0.4, -0.2) is 35.6 Å². The molecule has 0 unspecified atom stereocenters. The van der Waals surface area contributed by atoms with Crippen LogP contribution in [0.2, 0.25) is 0 Å². The predicted molar refractivity (Wildman–Crippen MR) is 116 cm³/mol. The molecule has 1 aromatic heterocycles. The van der Waals surface area contributed by atoms with Gasteiger partial charge < -0.3 is 10.1 Å². The van der Waals surface area contributed by atoms with Gasteiger partial charge in [0.05, 0.1) is 12.1 Å². The first-order chi connectivity index (χ1) is 14.1. The predicted octanol–water partition coefficient (Wildman–Crippen LogP) is 5.16. The molecule has 1 N–H and O–H groups in total. The van der Waals surface area contributed by atoms with Crippen LogP contribution in [0.25, 0.3) is 10.9 Å². The molecular weight excluding hydrogens is 365 g/mol. The lowest BCUT2D eigenvalue weighted by molar-refractivity contribution is 0.210. The van der Waals surface area contributed by atoms with Gasteiger partial charge in [-0.2, -0.15) is 0 Å². The molecule has 4 nitrogen and oxygen atoms in total. The molecule has 0 amide bonds. The van der Waals surface area contributed by atoms with Crippen LogP contribution in [0.3, 0.4) is 0 Å². The fraction of sp³-hybridized carbons (Fsp3) is 0.375. The lowest BCUT2D eigenvalue weighted by Gasteiger charge is -2.32. The van der Waals surface area contributed by atoms with E-state index in [0.717, 1.165) is 49.4 Å². The number of hydrogen-bond acceptors (Lipinski definition) is 4. The average Bonchev–Trinajstić information content (AvgIpc) is 2.72. The molecule has 0 spiro atoms. The number of aromatic nitrogens is 1. The number of nitrogens with one attached hydrogen (secondary N) is 1. The molecule has 0 aliphatic carbocycles. The van der Waals surface area contributed by atoms with E-state index in [1.54, 1.807) is 0 Å². The maximum atomic E-state index is 13.8. The Labute approximate surface area is 171 Å². The molecule has 1 fully saturated rings. The number of benzene rings is 2. The summed E-state index contributed by atoms with van der Waals surface area (Å²) < 4.78 is 19.1. The lowest BCUT2D eigenvalue weighted by atomic mass is 10.0. The molecule has 2 heterocycles. The summed E-state index contributed by atoms with van der Waals surface area (Å²) in [5.74, 6) is 1.01. The van der Waals surface area contributed by atoms with Gasteiger partial charge in [0.15, 0.2) is 11.6 Å². The molecule has 2 aromatic carbocycles. The lowest BCUT2D eigenvalue weighted by Crippen LogP contribution is -2.38. The molecule has 0 saturated carbocycles. The van der Waals surface area contributed by atoms with Gasteiger partial charge in [0, 0.05) is 31.1 Å². The van der Waals surface area contributed by atoms with Crippen LogP contribution in [0.15, 0.2) is 48.5 Å². The molecule has 29 heavy (non-hydrogen) atoms. The summed E-state index contributed by atoms with van der Waals surface area (Å²) in [6, 6.07) is 16.0. The second-order valence-corrected chi connectivity index (χ2v) is 7.73. The normalized spacial score (nSPS) is 15.6. The third kappa shape index (κ3) is 4.67. The van der Waals surface area contributed by atoms with E-state index in [1.165, 1.54) is 17.0 Å². The summed E-state index contributed by atoms with van der Waals surface area (Å²) in [7, 11) is 0. The maximum absolute atomic E-state index is 13.8. The second kappa shape index (κ2) is 8.78. The van der Waals surface area contributed by atoms with Crippen molar-refractivity contribution in [1.29, 1.82) is 0 Å². The van der Waals surface area contributed by atoms with Crippen molar-refractivity contribution in [1.82, 2.24) is 9.88 Å². The van der Waals surface area contributed by atoms with Gasteiger partial charge in [-0.05, 0) is 62.1 Å². The van der Waals surface area contributed by atoms with Crippen LogP contribution >= 0.6 is 0 Å². The molecule has 5 heteroatoms. The van der Waals surface area contributed by atoms with Gasteiger partial charge in [-0.25, -0.2) is 9.37 Å². The Balaban J connectivity index is 1.35. The van der Waals surface area contributed by atoms with E-state index in [4.69, 9.17) is 9.72 Å². The Morgan fingerprint density at radius 3 is 2.72 bits per heavy atom. The highest BCUT2D eigenvalue weighted by Gasteiger charge is 2.20. The van der Waals surface area contributed by atoms with E-state index in [-0.39, 0.29) is 5.82 Å². The molecule has 1 aliphatic rings. The van der Waals surface area contributed by atoms with Crippen molar-refractivity contribution in [3.05, 3.63) is 65.5 Å². The Morgan fingerprint density at radius 2 is 1.93 bits per heavy atom.